The van der Waals surface area contributed by atoms with E-state index in [0.717, 1.165) is 244 Å². The van der Waals surface area contributed by atoms with E-state index in [4.69, 9.17) is 42.2 Å². The Bertz CT molecular complexity index is 2710. The molecule has 0 aromatic carbocycles. The Labute approximate surface area is 742 Å². The molecule has 2 rings (SSSR count). The van der Waals surface area contributed by atoms with Crippen LogP contribution in [0.5, 0.6) is 0 Å². The van der Waals surface area contributed by atoms with Crippen LogP contribution in [0.4, 0.5) is 0 Å². The minimum absolute atomic E-state index is 0.0575. The van der Waals surface area contributed by atoms with Gasteiger partial charge in [-0.1, -0.05) is 369 Å². The first-order chi connectivity index (χ1) is 59.3. The molecule has 0 aliphatic carbocycles. The van der Waals surface area contributed by atoms with Crippen LogP contribution in [0.15, 0.2) is 0 Å². The van der Waals surface area contributed by atoms with Crippen LogP contribution >= 0.6 is 15.6 Å². The van der Waals surface area contributed by atoms with Gasteiger partial charge in [0, 0.05) is 19.3 Å². The number of amides is 2. The number of rotatable bonds is 84. The van der Waals surface area contributed by atoms with Crippen molar-refractivity contribution in [1.82, 2.24) is 10.6 Å². The van der Waals surface area contributed by atoms with E-state index in [9.17, 15) is 73.1 Å². The van der Waals surface area contributed by atoms with E-state index in [1.54, 1.807) is 0 Å². The number of phosphoric ester groups is 2. The summed E-state index contributed by atoms with van der Waals surface area (Å²) >= 11 is 0. The number of aliphatic hydroxyl groups excluding tert-OH is 4. The molecule has 0 spiro atoms. The summed E-state index contributed by atoms with van der Waals surface area (Å²) in [6, 6.07) is -3.83. The molecule has 123 heavy (non-hydrogen) atoms. The molecule has 14 atom stereocenters. The summed E-state index contributed by atoms with van der Waals surface area (Å²) in [7, 11) is -11.3. The molecule has 0 radical (unpaired) electrons. The molecule has 29 heteroatoms. The maximum Gasteiger partial charge on any atom is 0.472 e. The topological polar surface area (TPSA) is 406 Å². The molecule has 2 aliphatic heterocycles. The van der Waals surface area contributed by atoms with Gasteiger partial charge in [-0.05, 0) is 57.8 Å². The highest BCUT2D eigenvalue weighted by Gasteiger charge is 2.55. The molecule has 0 saturated carbocycles. The molecule has 27 nitrogen and oxygen atoms in total. The Morgan fingerprint density at radius 2 is 0.650 bits per heavy atom. The largest absolute Gasteiger partial charge is 0.472 e. The van der Waals surface area contributed by atoms with Crippen LogP contribution in [0.25, 0.3) is 0 Å². The minimum atomic E-state index is -5.67. The van der Waals surface area contributed by atoms with Crippen molar-refractivity contribution in [2.24, 2.45) is 0 Å². The lowest BCUT2D eigenvalue weighted by Crippen LogP contribution is -2.68. The zero-order chi connectivity index (χ0) is 90.4. The Morgan fingerprint density at radius 3 is 1.03 bits per heavy atom. The van der Waals surface area contributed by atoms with Gasteiger partial charge >= 0.3 is 39.5 Å². The van der Waals surface area contributed by atoms with Gasteiger partial charge in [0.15, 0.2) is 24.8 Å². The number of hydrogen-bond donors (Lipinski definition) is 10. The second-order valence-corrected chi connectivity index (χ2v) is 37.9. The summed E-state index contributed by atoms with van der Waals surface area (Å²) in [6.45, 7) is 10.9. The summed E-state index contributed by atoms with van der Waals surface area (Å²) < 4.78 is 80.0. The summed E-state index contributed by atoms with van der Waals surface area (Å²) in [5.41, 5.74) is 0. The van der Waals surface area contributed by atoms with Gasteiger partial charge in [-0.2, -0.15) is 0 Å². The van der Waals surface area contributed by atoms with E-state index >= 15 is 4.79 Å². The molecule has 0 bridgehead atoms. The number of phosphoric acid groups is 2. The minimum Gasteiger partial charge on any atom is -0.462 e. The highest BCUT2D eigenvalue weighted by Crippen LogP contribution is 2.44. The quantitative estimate of drug-likeness (QED) is 0.0117. The smallest absolute Gasteiger partial charge is 0.462 e. The number of unbranched alkanes of at least 4 members (excludes halogenated alkanes) is 49. The van der Waals surface area contributed by atoms with Crippen molar-refractivity contribution in [2.75, 3.05) is 13.2 Å². The number of carbonyl (C=O) groups is 6. The van der Waals surface area contributed by atoms with Gasteiger partial charge < -0.3 is 83.8 Å². The molecule has 2 saturated heterocycles. The van der Waals surface area contributed by atoms with Crippen LogP contribution in [-0.2, 0) is 80.1 Å². The number of hydrogen-bond acceptors (Lipinski definition) is 21. The van der Waals surface area contributed by atoms with E-state index in [-0.39, 0.29) is 38.5 Å². The lowest BCUT2D eigenvalue weighted by molar-refractivity contribution is -0.296. The summed E-state index contributed by atoms with van der Waals surface area (Å²) in [5, 5.41) is 51.4. The van der Waals surface area contributed by atoms with Gasteiger partial charge in [0.2, 0.25) is 11.8 Å². The molecule has 2 amide bonds. The Kier molecular flexibility index (Phi) is 71.0. The normalized spacial score (nSPS) is 20.4. The highest BCUT2D eigenvalue weighted by molar-refractivity contribution is 7.46. The van der Waals surface area contributed by atoms with Crippen molar-refractivity contribution in [3.8, 4) is 0 Å². The van der Waals surface area contributed by atoms with Crippen molar-refractivity contribution in [2.45, 2.75) is 551 Å². The van der Waals surface area contributed by atoms with Crippen molar-refractivity contribution in [3.05, 3.63) is 0 Å². The number of carbonyl (C=O) groups excluding carboxylic acids is 6. The van der Waals surface area contributed by atoms with Crippen molar-refractivity contribution in [3.63, 3.8) is 0 Å². The number of esters is 4. The molecule has 0 unspecified atom stereocenters. The second-order valence-electron chi connectivity index (χ2n) is 35.5. The molecule has 2 fully saturated rings. The van der Waals surface area contributed by atoms with E-state index in [0.29, 0.717) is 44.9 Å². The average molecular weight is 1800 g/mol. The fourth-order valence-electron chi connectivity index (χ4n) is 16.6. The molecule has 0 aromatic rings. The first-order valence-electron chi connectivity index (χ1n) is 49.7. The molecule has 724 valence electrons. The predicted octanol–water partition coefficient (Wildman–Crippen LogP) is 20.6. The maximum atomic E-state index is 15.1. The summed E-state index contributed by atoms with van der Waals surface area (Å²) in [4.78, 5) is 128. The molecular weight excluding hydrogens is 1620 g/mol. The predicted molar refractivity (Wildman–Crippen MR) is 481 cm³/mol. The van der Waals surface area contributed by atoms with Crippen LogP contribution in [-0.4, -0.2) is 175 Å². The average Bonchev–Trinajstić information content (AvgIpc) is 0.780. The van der Waals surface area contributed by atoms with Gasteiger partial charge in [-0.3, -0.25) is 37.8 Å². The van der Waals surface area contributed by atoms with Gasteiger partial charge in [0.05, 0.1) is 44.7 Å². The molecule has 10 N–H and O–H groups in total. The maximum absolute atomic E-state index is 15.1. The van der Waals surface area contributed by atoms with Crippen LogP contribution < -0.4 is 10.6 Å². The molecular formula is C94H178N2O25P2. The van der Waals surface area contributed by atoms with E-state index in [2.05, 4.69) is 52.2 Å². The lowest BCUT2D eigenvalue weighted by Gasteiger charge is -2.47. The first-order valence-corrected chi connectivity index (χ1v) is 52.8. The van der Waals surface area contributed by atoms with Crippen LogP contribution in [0.2, 0.25) is 0 Å². The molecule has 2 heterocycles. The third-order valence-corrected chi connectivity index (χ3v) is 24.9. The SMILES string of the molecule is CCCCCCCCCCCCCC(=O)O[C@H](CCCCCCCCCC)CCC(=O)O[C@@H]1[C@@H](NC(=O)C[C@@H](CCCCCCCCCCC)OC(=O)CCCCCCCCCCC)[C@H](OC[C@H]2O[C@H](OP(=O)(O)O)[C@H](NC(=O)C[C@H](O)CCCCCCCCCCC)[C@@H](OC(=O)C[C@H](O)CCCCCCCCCCC)[C@@H]2O)O[C@H](CO)[C@H]1OP(=O)(O)O. The number of aliphatic hydroxyl groups is 4. The van der Waals surface area contributed by atoms with Crippen molar-refractivity contribution >= 4 is 51.3 Å². The fraction of sp³-hybridized carbons (Fsp3) is 0.936. The van der Waals surface area contributed by atoms with Gasteiger partial charge in [-0.25, -0.2) is 9.13 Å². The third kappa shape index (κ3) is 61.9. The third-order valence-electron chi connectivity index (χ3n) is 23.9. The molecule has 0 aromatic heterocycles. The van der Waals surface area contributed by atoms with Crippen molar-refractivity contribution < 1.29 is 120 Å². The van der Waals surface area contributed by atoms with E-state index in [1.807, 2.05) is 0 Å². The Balaban J connectivity index is 2.81. The monoisotopic (exact) mass is 1800 g/mol. The van der Waals surface area contributed by atoms with Crippen LogP contribution in [0, 0.1) is 0 Å². The molecule has 2 aliphatic rings. The highest BCUT2D eigenvalue weighted by atomic mass is 31.2. The zero-order valence-electron chi connectivity index (χ0n) is 77.6. The first kappa shape index (κ1) is 116. The zero-order valence-corrected chi connectivity index (χ0v) is 79.4. The number of nitrogens with one attached hydrogen (secondary N) is 2. The van der Waals surface area contributed by atoms with E-state index in [1.165, 1.54) is 70.6 Å². The summed E-state index contributed by atoms with van der Waals surface area (Å²) in [5.74, 6) is -4.84. The standard InChI is InChI=1S/C94H178N2O25P2/c1-7-13-19-25-31-37-38-43-49-54-60-66-83(102)114-77(64-58-52-46-36-30-24-18-12-6)68-69-85(104)118-92-88(96-82(101)72-78(65-59-53-47-41-34-28-22-16-10-4)115-84(103)67-61-55-48-42-35-29-23-17-11-5)93(116-79(73-97)90(92)120-122(107,108)109)113-74-80-89(106)91(119-86(105)71-76(99)63-57-51-45-40-33-27-21-15-9-3)87(94(117-80)121-123(110,111)112)95-81(100)70-75(98)62-56-50-44-39-32-26-20-14-8-2/h75-80,87-94,97-99,106H,7-74H2,1-6H3,(H,95,100)(H,96,101)(H2,107,108,109)(H2,110,111,112)/t75-,76-,77-,78-,79-,80-,87-,88-,89-,90-,91-,92-,93-,94-/m1/s1. The van der Waals surface area contributed by atoms with Gasteiger partial charge in [0.1, 0.15) is 48.7 Å². The van der Waals surface area contributed by atoms with E-state index < -0.39 is 176 Å². The van der Waals surface area contributed by atoms with Gasteiger partial charge in [0.25, 0.3) is 0 Å². The fourth-order valence-corrected chi connectivity index (χ4v) is 17.6. The Hall–Kier alpha value is -3.24. The van der Waals surface area contributed by atoms with Crippen LogP contribution in [0.1, 0.15) is 465 Å². The van der Waals surface area contributed by atoms with Gasteiger partial charge in [-0.15, -0.1) is 0 Å². The lowest BCUT2D eigenvalue weighted by atomic mass is 9.95. The van der Waals surface area contributed by atoms with Crippen LogP contribution in [0.3, 0.4) is 0 Å². The Morgan fingerprint density at radius 1 is 0.333 bits per heavy atom. The second kappa shape index (κ2) is 75.4. The van der Waals surface area contributed by atoms with Crippen molar-refractivity contribution in [1.29, 1.82) is 0 Å². The number of ether oxygens (including phenoxy) is 7. The summed E-state index contributed by atoms with van der Waals surface area (Å²) in [6.07, 6.45) is 34.4.